The average Bonchev–Trinajstić information content (AvgIpc) is 2.63. The van der Waals surface area contributed by atoms with E-state index >= 15 is 0 Å². The van der Waals surface area contributed by atoms with Crippen LogP contribution in [0.4, 0.5) is 4.79 Å². The highest BCUT2D eigenvalue weighted by molar-refractivity contribution is 5.67. The van der Waals surface area contributed by atoms with E-state index in [1.54, 1.807) is 0 Å². The summed E-state index contributed by atoms with van der Waals surface area (Å²) in [6.07, 6.45) is 3.14. The van der Waals surface area contributed by atoms with Crippen molar-refractivity contribution in [1.82, 2.24) is 10.6 Å². The third-order valence-corrected chi connectivity index (χ3v) is 3.03. The fourth-order valence-electron chi connectivity index (χ4n) is 2.13. The molecule has 1 rings (SSSR count). The molecule has 1 fully saturated rings. The predicted octanol–water partition coefficient (Wildman–Crippen LogP) is 2.29. The van der Waals surface area contributed by atoms with Crippen LogP contribution in [0.5, 0.6) is 0 Å². The molecular formula is C13H26N2O2. The zero-order valence-electron chi connectivity index (χ0n) is 11.5. The second-order valence-electron chi connectivity index (χ2n) is 5.83. The monoisotopic (exact) mass is 242 g/mol. The van der Waals surface area contributed by atoms with Crippen LogP contribution < -0.4 is 10.6 Å². The molecule has 0 spiro atoms. The molecule has 0 aromatic heterocycles. The van der Waals surface area contributed by atoms with Crippen LogP contribution in [0, 0.1) is 5.92 Å². The number of amides is 1. The molecule has 1 aliphatic rings. The Hall–Kier alpha value is -0.770. The van der Waals surface area contributed by atoms with E-state index in [4.69, 9.17) is 4.74 Å². The summed E-state index contributed by atoms with van der Waals surface area (Å²) in [5, 5.41) is 6.30. The minimum absolute atomic E-state index is 0.310. The first-order valence-corrected chi connectivity index (χ1v) is 6.61. The third kappa shape index (κ3) is 5.91. The van der Waals surface area contributed by atoms with Crippen LogP contribution in [0.2, 0.25) is 0 Å². The van der Waals surface area contributed by atoms with Gasteiger partial charge >= 0.3 is 6.09 Å². The van der Waals surface area contributed by atoms with Gasteiger partial charge in [-0.15, -0.1) is 0 Å². The zero-order valence-corrected chi connectivity index (χ0v) is 11.5. The fraction of sp³-hybridized carbons (Fsp3) is 0.923. The van der Waals surface area contributed by atoms with Gasteiger partial charge in [-0.05, 0) is 52.5 Å². The van der Waals surface area contributed by atoms with Crippen LogP contribution in [0.15, 0.2) is 0 Å². The van der Waals surface area contributed by atoms with E-state index in [1.165, 1.54) is 12.8 Å². The summed E-state index contributed by atoms with van der Waals surface area (Å²) in [5.74, 6) is 0.690. The number of carbonyl (C=O) groups excluding carboxylic acids is 1. The van der Waals surface area contributed by atoms with Gasteiger partial charge in [0.25, 0.3) is 0 Å². The van der Waals surface area contributed by atoms with Crippen LogP contribution in [0.25, 0.3) is 0 Å². The van der Waals surface area contributed by atoms with Gasteiger partial charge in [0.1, 0.15) is 5.60 Å². The maximum absolute atomic E-state index is 11.4. The first-order valence-electron chi connectivity index (χ1n) is 6.61. The van der Waals surface area contributed by atoms with E-state index in [2.05, 4.69) is 17.6 Å². The van der Waals surface area contributed by atoms with Crippen molar-refractivity contribution in [3.8, 4) is 0 Å². The average molecular weight is 242 g/mol. The van der Waals surface area contributed by atoms with E-state index in [1.807, 2.05) is 20.8 Å². The van der Waals surface area contributed by atoms with Gasteiger partial charge in [-0.3, -0.25) is 0 Å². The van der Waals surface area contributed by atoms with Gasteiger partial charge in [-0.2, -0.15) is 0 Å². The van der Waals surface area contributed by atoms with Crippen LogP contribution >= 0.6 is 0 Å². The van der Waals surface area contributed by atoms with Crippen molar-refractivity contribution in [2.24, 2.45) is 5.92 Å². The van der Waals surface area contributed by atoms with Crippen LogP contribution in [-0.2, 0) is 4.74 Å². The maximum atomic E-state index is 11.4. The molecule has 2 atom stereocenters. The molecule has 0 saturated carbocycles. The van der Waals surface area contributed by atoms with E-state index < -0.39 is 5.60 Å². The third-order valence-electron chi connectivity index (χ3n) is 3.03. The second kappa shape index (κ2) is 6.24. The van der Waals surface area contributed by atoms with Gasteiger partial charge in [-0.25, -0.2) is 4.79 Å². The van der Waals surface area contributed by atoms with Crippen molar-refractivity contribution in [3.05, 3.63) is 0 Å². The number of rotatable bonds is 4. The summed E-state index contributed by atoms with van der Waals surface area (Å²) in [5.41, 5.74) is -0.410. The normalized spacial score (nSPS) is 24.7. The Morgan fingerprint density at radius 2 is 2.18 bits per heavy atom. The smallest absolute Gasteiger partial charge is 0.407 e. The number of hydrogen-bond donors (Lipinski definition) is 2. The molecule has 0 radical (unpaired) electrons. The summed E-state index contributed by atoms with van der Waals surface area (Å²) < 4.78 is 5.18. The highest BCUT2D eigenvalue weighted by atomic mass is 16.6. The lowest BCUT2D eigenvalue weighted by molar-refractivity contribution is 0.0525. The Morgan fingerprint density at radius 1 is 1.47 bits per heavy atom. The van der Waals surface area contributed by atoms with Gasteiger partial charge in [0, 0.05) is 12.6 Å². The number of alkyl carbamates (subject to hydrolysis) is 1. The van der Waals surface area contributed by atoms with Crippen LogP contribution in [-0.4, -0.2) is 30.8 Å². The molecule has 0 aliphatic carbocycles. The minimum atomic E-state index is -0.410. The van der Waals surface area contributed by atoms with Gasteiger partial charge in [0.05, 0.1) is 0 Å². The van der Waals surface area contributed by atoms with Crippen molar-refractivity contribution in [3.63, 3.8) is 0 Å². The second-order valence-corrected chi connectivity index (χ2v) is 5.83. The molecule has 4 heteroatoms. The highest BCUT2D eigenvalue weighted by Crippen LogP contribution is 2.18. The molecule has 0 aromatic rings. The van der Waals surface area contributed by atoms with E-state index in [-0.39, 0.29) is 6.09 Å². The summed E-state index contributed by atoms with van der Waals surface area (Å²) in [6, 6.07) is 0.668. The van der Waals surface area contributed by atoms with Gasteiger partial charge < -0.3 is 15.4 Å². The largest absolute Gasteiger partial charge is 0.444 e. The molecule has 4 nitrogen and oxygen atoms in total. The Balaban J connectivity index is 2.10. The molecule has 2 unspecified atom stereocenters. The van der Waals surface area contributed by atoms with Gasteiger partial charge in [0.2, 0.25) is 0 Å². The van der Waals surface area contributed by atoms with Crippen molar-refractivity contribution >= 4 is 6.09 Å². The predicted molar refractivity (Wildman–Crippen MR) is 69.0 cm³/mol. The number of ether oxygens (including phenoxy) is 1. The van der Waals surface area contributed by atoms with E-state index in [0.717, 1.165) is 13.0 Å². The molecule has 100 valence electrons. The lowest BCUT2D eigenvalue weighted by atomic mass is 10.0. The lowest BCUT2D eigenvalue weighted by Gasteiger charge is -2.20. The number of nitrogens with one attached hydrogen (secondary N) is 2. The lowest BCUT2D eigenvalue weighted by Crippen LogP contribution is -2.33. The van der Waals surface area contributed by atoms with Gasteiger partial charge in [0.15, 0.2) is 0 Å². The topological polar surface area (TPSA) is 50.4 Å². The molecule has 1 aliphatic heterocycles. The summed E-state index contributed by atoms with van der Waals surface area (Å²) in [6.45, 7) is 9.61. The number of carbonyl (C=O) groups is 1. The molecular weight excluding hydrogens is 216 g/mol. The maximum Gasteiger partial charge on any atom is 0.407 e. The quantitative estimate of drug-likeness (QED) is 0.795. The van der Waals surface area contributed by atoms with Crippen LogP contribution in [0.3, 0.4) is 0 Å². The molecule has 17 heavy (non-hydrogen) atoms. The fourth-order valence-corrected chi connectivity index (χ4v) is 2.13. The summed E-state index contributed by atoms with van der Waals surface area (Å²) in [7, 11) is 0. The first kappa shape index (κ1) is 14.3. The Bertz CT molecular complexity index is 248. The van der Waals surface area contributed by atoms with Gasteiger partial charge in [-0.1, -0.05) is 6.92 Å². The highest BCUT2D eigenvalue weighted by Gasteiger charge is 2.22. The first-order chi connectivity index (χ1) is 7.90. The molecule has 1 saturated heterocycles. The summed E-state index contributed by atoms with van der Waals surface area (Å²) in [4.78, 5) is 11.4. The van der Waals surface area contributed by atoms with Crippen molar-refractivity contribution < 1.29 is 9.53 Å². The Morgan fingerprint density at radius 3 is 2.71 bits per heavy atom. The minimum Gasteiger partial charge on any atom is -0.444 e. The standard InChI is InChI=1S/C13H26N2O2/c1-5-11-8-10(9-15-11)6-7-14-12(16)17-13(2,3)4/h10-11,15H,5-9H2,1-4H3,(H,14,16). The van der Waals surface area contributed by atoms with Crippen molar-refractivity contribution in [1.29, 1.82) is 0 Å². The van der Waals surface area contributed by atoms with E-state index in [9.17, 15) is 4.79 Å². The van der Waals surface area contributed by atoms with Crippen LogP contribution in [0.1, 0.15) is 47.0 Å². The van der Waals surface area contributed by atoms with E-state index in [0.29, 0.717) is 18.5 Å². The molecule has 0 bridgehead atoms. The Labute approximate surface area is 104 Å². The number of hydrogen-bond acceptors (Lipinski definition) is 3. The molecule has 1 amide bonds. The molecule has 1 heterocycles. The molecule has 2 N–H and O–H groups in total. The van der Waals surface area contributed by atoms with Crippen molar-refractivity contribution in [2.45, 2.75) is 58.6 Å². The zero-order chi connectivity index (χ0) is 12.9. The van der Waals surface area contributed by atoms with Crippen molar-refractivity contribution in [2.75, 3.05) is 13.1 Å². The SMILES string of the molecule is CCC1CC(CCNC(=O)OC(C)(C)C)CN1. The summed E-state index contributed by atoms with van der Waals surface area (Å²) >= 11 is 0. The molecule has 0 aromatic carbocycles. The Kier molecular flexibility index (Phi) is 5.25.